The van der Waals surface area contributed by atoms with Crippen LogP contribution in [0.25, 0.3) is 5.69 Å². The first-order valence-corrected chi connectivity index (χ1v) is 8.58. The van der Waals surface area contributed by atoms with Gasteiger partial charge in [-0.05, 0) is 25.0 Å². The summed E-state index contributed by atoms with van der Waals surface area (Å²) >= 11 is 0. The average molecular weight is 328 g/mol. The maximum absolute atomic E-state index is 5.44. The number of rotatable bonds is 7. The minimum absolute atomic E-state index is 0.402. The molecule has 0 unspecified atom stereocenters. The molecule has 0 atom stereocenters. The van der Waals surface area contributed by atoms with Crippen LogP contribution >= 0.6 is 0 Å². The molecular formula is C18H24N4O2. The molecule has 0 saturated heterocycles. The van der Waals surface area contributed by atoms with Crippen LogP contribution in [0.5, 0.6) is 0 Å². The van der Waals surface area contributed by atoms with E-state index in [4.69, 9.17) is 9.47 Å². The molecule has 2 aliphatic carbocycles. The maximum Gasteiger partial charge on any atom is 0.170 e. The highest BCUT2D eigenvalue weighted by atomic mass is 16.7. The fourth-order valence-electron chi connectivity index (χ4n) is 3.46. The zero-order valence-electron chi connectivity index (χ0n) is 14.2. The summed E-state index contributed by atoms with van der Waals surface area (Å²) in [4.78, 5) is 0. The van der Waals surface area contributed by atoms with E-state index in [1.54, 1.807) is 14.2 Å². The van der Waals surface area contributed by atoms with Crippen LogP contribution in [0.15, 0.2) is 30.3 Å². The van der Waals surface area contributed by atoms with Crippen molar-refractivity contribution in [2.45, 2.75) is 50.0 Å². The van der Waals surface area contributed by atoms with E-state index in [9.17, 15) is 0 Å². The minimum atomic E-state index is -0.404. The Kier molecular flexibility index (Phi) is 4.12. The lowest BCUT2D eigenvalue weighted by Gasteiger charge is -2.45. The Morgan fingerprint density at radius 3 is 2.50 bits per heavy atom. The lowest BCUT2D eigenvalue weighted by molar-refractivity contribution is -0.259. The zero-order valence-corrected chi connectivity index (χ0v) is 14.2. The Bertz CT molecular complexity index is 684. The van der Waals surface area contributed by atoms with Gasteiger partial charge in [0.05, 0.1) is 11.4 Å². The van der Waals surface area contributed by atoms with Gasteiger partial charge in [-0.25, -0.2) is 4.68 Å². The molecule has 6 heteroatoms. The molecule has 24 heavy (non-hydrogen) atoms. The highest BCUT2D eigenvalue weighted by Gasteiger charge is 2.45. The van der Waals surface area contributed by atoms with Crippen molar-refractivity contribution in [1.29, 1.82) is 0 Å². The zero-order chi connectivity index (χ0) is 16.6. The summed E-state index contributed by atoms with van der Waals surface area (Å²) in [6.45, 7) is 0.743. The van der Waals surface area contributed by atoms with Crippen molar-refractivity contribution in [2.24, 2.45) is 0 Å². The van der Waals surface area contributed by atoms with Gasteiger partial charge in [-0.1, -0.05) is 23.4 Å². The van der Waals surface area contributed by atoms with Crippen LogP contribution in [-0.4, -0.2) is 41.0 Å². The normalized spacial score (nSPS) is 20.1. The molecule has 1 aromatic heterocycles. The number of aromatic nitrogens is 3. The lowest BCUT2D eigenvalue weighted by atomic mass is 9.85. The van der Waals surface area contributed by atoms with Gasteiger partial charge in [0.1, 0.15) is 5.69 Å². The smallest absolute Gasteiger partial charge is 0.170 e. The van der Waals surface area contributed by atoms with Crippen molar-refractivity contribution in [3.63, 3.8) is 0 Å². The fourth-order valence-corrected chi connectivity index (χ4v) is 3.46. The van der Waals surface area contributed by atoms with E-state index in [1.165, 1.54) is 18.5 Å². The summed E-state index contributed by atoms with van der Waals surface area (Å²) in [6, 6.07) is 10.7. The Morgan fingerprint density at radius 2 is 1.88 bits per heavy atom. The molecule has 0 radical (unpaired) electrons. The molecule has 0 amide bonds. The third-order valence-electron chi connectivity index (χ3n) is 5.16. The predicted molar refractivity (Wildman–Crippen MR) is 89.9 cm³/mol. The molecule has 0 spiro atoms. The number of hydrogen-bond acceptors (Lipinski definition) is 5. The number of nitrogens with zero attached hydrogens (tertiary/aromatic N) is 3. The first-order valence-electron chi connectivity index (χ1n) is 8.58. The van der Waals surface area contributed by atoms with Crippen LogP contribution in [0.3, 0.4) is 0 Å². The number of hydrogen-bond donors (Lipinski definition) is 1. The van der Waals surface area contributed by atoms with Crippen LogP contribution in [0.4, 0.5) is 0 Å². The van der Waals surface area contributed by atoms with E-state index in [0.29, 0.717) is 12.0 Å². The van der Waals surface area contributed by atoms with Crippen LogP contribution in [0.1, 0.15) is 43.0 Å². The lowest BCUT2D eigenvalue weighted by Crippen LogP contribution is -2.55. The number of nitrogens with one attached hydrogen (secondary N) is 1. The van der Waals surface area contributed by atoms with Crippen molar-refractivity contribution in [1.82, 2.24) is 20.3 Å². The third-order valence-corrected chi connectivity index (χ3v) is 5.16. The van der Waals surface area contributed by atoms with Gasteiger partial charge in [0.15, 0.2) is 5.79 Å². The predicted octanol–water partition coefficient (Wildman–Crippen LogP) is 2.39. The largest absolute Gasteiger partial charge is 0.353 e. The third kappa shape index (κ3) is 2.85. The molecule has 1 heterocycles. The van der Waals surface area contributed by atoms with Gasteiger partial charge in [0.25, 0.3) is 0 Å². The Hall–Kier alpha value is -1.76. The summed E-state index contributed by atoms with van der Waals surface area (Å²) < 4.78 is 12.9. The van der Waals surface area contributed by atoms with Gasteiger partial charge in [-0.3, -0.25) is 0 Å². The Labute approximate surface area is 142 Å². The van der Waals surface area contributed by atoms with Gasteiger partial charge in [0.2, 0.25) is 0 Å². The number of para-hydroxylation sites is 1. The second kappa shape index (κ2) is 6.27. The van der Waals surface area contributed by atoms with Gasteiger partial charge < -0.3 is 14.8 Å². The second-order valence-corrected chi connectivity index (χ2v) is 6.75. The van der Waals surface area contributed by atoms with Crippen LogP contribution in [0, 0.1) is 0 Å². The van der Waals surface area contributed by atoms with E-state index in [-0.39, 0.29) is 0 Å². The first kappa shape index (κ1) is 15.7. The molecule has 128 valence electrons. The quantitative estimate of drug-likeness (QED) is 0.791. The standard InChI is InChI=1S/C18H24N4O2/c1-23-18(24-2)10-14(11-18)19-12-16-17(13-8-9-13)22(21-20-16)15-6-4-3-5-7-15/h3-7,13-14,19H,8-12H2,1-2H3. The van der Waals surface area contributed by atoms with Crippen molar-refractivity contribution >= 4 is 0 Å². The SMILES string of the molecule is COC1(OC)CC(NCc2nnn(-c3ccccc3)c2C2CC2)C1. The Morgan fingerprint density at radius 1 is 1.17 bits per heavy atom. The van der Waals surface area contributed by atoms with Crippen molar-refractivity contribution < 1.29 is 9.47 Å². The molecule has 0 aliphatic heterocycles. The second-order valence-electron chi connectivity index (χ2n) is 6.75. The minimum Gasteiger partial charge on any atom is -0.353 e. The van der Waals surface area contributed by atoms with Crippen LogP contribution in [0.2, 0.25) is 0 Å². The Balaban J connectivity index is 1.46. The molecule has 2 fully saturated rings. The van der Waals surface area contributed by atoms with Gasteiger partial charge >= 0.3 is 0 Å². The maximum atomic E-state index is 5.44. The molecular weight excluding hydrogens is 304 g/mol. The van der Waals surface area contributed by atoms with E-state index in [0.717, 1.165) is 30.8 Å². The molecule has 4 rings (SSSR count). The highest BCUT2D eigenvalue weighted by Crippen LogP contribution is 2.42. The van der Waals surface area contributed by atoms with E-state index in [2.05, 4.69) is 27.8 Å². The molecule has 0 bridgehead atoms. The summed E-state index contributed by atoms with van der Waals surface area (Å²) in [5, 5.41) is 12.4. The molecule has 1 N–H and O–H groups in total. The van der Waals surface area contributed by atoms with Gasteiger partial charge in [0, 0.05) is 45.6 Å². The molecule has 2 aromatic rings. The number of ether oxygens (including phenoxy) is 2. The van der Waals surface area contributed by atoms with Crippen molar-refractivity contribution in [3.05, 3.63) is 41.7 Å². The van der Waals surface area contributed by atoms with E-state index >= 15 is 0 Å². The van der Waals surface area contributed by atoms with Crippen molar-refractivity contribution in [3.8, 4) is 5.69 Å². The van der Waals surface area contributed by atoms with E-state index in [1.807, 2.05) is 22.9 Å². The topological polar surface area (TPSA) is 61.2 Å². The van der Waals surface area contributed by atoms with Crippen molar-refractivity contribution in [2.75, 3.05) is 14.2 Å². The fraction of sp³-hybridized carbons (Fsp3) is 0.556. The number of methoxy groups -OCH3 is 2. The first-order chi connectivity index (χ1) is 11.7. The molecule has 2 aliphatic rings. The van der Waals surface area contributed by atoms with Crippen LogP contribution < -0.4 is 5.32 Å². The highest BCUT2D eigenvalue weighted by molar-refractivity contribution is 5.35. The summed E-state index contributed by atoms with van der Waals surface area (Å²) in [5.41, 5.74) is 3.41. The average Bonchev–Trinajstić information content (AvgIpc) is 3.35. The van der Waals surface area contributed by atoms with E-state index < -0.39 is 5.79 Å². The monoisotopic (exact) mass is 328 g/mol. The summed E-state index contributed by atoms with van der Waals surface area (Å²) in [5.74, 6) is 0.189. The molecule has 2 saturated carbocycles. The molecule has 1 aromatic carbocycles. The van der Waals surface area contributed by atoms with Crippen LogP contribution in [-0.2, 0) is 16.0 Å². The summed E-state index contributed by atoms with van der Waals surface area (Å²) in [6.07, 6.45) is 4.19. The summed E-state index contributed by atoms with van der Waals surface area (Å²) in [7, 11) is 3.41. The van der Waals surface area contributed by atoms with Gasteiger partial charge in [-0.15, -0.1) is 5.10 Å². The van der Waals surface area contributed by atoms with Gasteiger partial charge in [-0.2, -0.15) is 0 Å². The number of benzene rings is 1. The molecule has 6 nitrogen and oxygen atoms in total.